The largest absolute Gasteiger partial charge is 0.496 e. The number of hydrogen-bond acceptors (Lipinski definition) is 17. The molecule has 558 valence electrons. The van der Waals surface area contributed by atoms with Crippen molar-refractivity contribution in [1.29, 1.82) is 0 Å². The van der Waals surface area contributed by atoms with E-state index in [1.165, 1.54) is 56.4 Å². The average molecular weight is 1740 g/mol. The molecule has 5 N–H and O–H groups in total. The number of halogens is 7. The van der Waals surface area contributed by atoms with Gasteiger partial charge in [-0.3, -0.25) is 24.8 Å². The van der Waals surface area contributed by atoms with Crippen molar-refractivity contribution in [2.24, 2.45) is 20.0 Å². The number of fused-ring (bicyclic) bond motifs is 1. The van der Waals surface area contributed by atoms with Gasteiger partial charge in [0.05, 0.1) is 70.6 Å². The maximum Gasteiger partial charge on any atom is 0.191 e. The second-order valence-corrected chi connectivity index (χ2v) is 32.9. The summed E-state index contributed by atoms with van der Waals surface area (Å²) in [4.78, 5) is 33.3. The summed E-state index contributed by atoms with van der Waals surface area (Å²) in [6.45, 7) is 15.0. The summed E-state index contributed by atoms with van der Waals surface area (Å²) < 4.78 is 25.0. The summed E-state index contributed by atoms with van der Waals surface area (Å²) >= 11 is 39.8. The molecule has 0 amide bonds. The van der Waals surface area contributed by atoms with E-state index in [9.17, 15) is 4.79 Å². The highest BCUT2D eigenvalue weighted by Gasteiger charge is 2.37. The minimum atomic E-state index is -0.0513. The SMILES string of the molecule is COc1ccc(Br)cc1CCc1c(Cl)cccc1C(=O)CSC1=NCC(C)(C)N1.COc1ccc(Br)cc1CCc1c(Cl)cccc1C1=CSC2=NC(C)(C)CN12.COc1ccc(Br)cc1CCc1c(Cl)cccc1CNC1=NCCN1.COc1ccccc1CCc1c(Cl)cccc1CNC1=NCCN1. The summed E-state index contributed by atoms with van der Waals surface area (Å²) in [6.07, 6.45) is 6.55. The van der Waals surface area contributed by atoms with Crippen LogP contribution in [-0.4, -0.2) is 117 Å². The van der Waals surface area contributed by atoms with Crippen LogP contribution in [-0.2, 0) is 64.5 Å². The van der Waals surface area contributed by atoms with Crippen molar-refractivity contribution in [3.8, 4) is 23.0 Å². The van der Waals surface area contributed by atoms with Gasteiger partial charge in [-0.15, -0.1) is 0 Å². The zero-order valence-electron chi connectivity index (χ0n) is 60.8. The van der Waals surface area contributed by atoms with Crippen molar-refractivity contribution in [2.45, 2.75) is 103 Å². The molecule has 0 unspecified atom stereocenters. The van der Waals surface area contributed by atoms with Gasteiger partial charge in [-0.1, -0.05) is 184 Å². The third-order valence-corrected chi connectivity index (χ3v) is 22.8. The zero-order valence-corrected chi connectivity index (χ0v) is 70.2. The van der Waals surface area contributed by atoms with Crippen LogP contribution in [0, 0.1) is 0 Å². The lowest BCUT2D eigenvalue weighted by Gasteiger charge is -2.23. The van der Waals surface area contributed by atoms with Crippen molar-refractivity contribution >= 4 is 151 Å². The lowest BCUT2D eigenvalue weighted by atomic mass is 9.97. The van der Waals surface area contributed by atoms with E-state index in [0.717, 1.165) is 180 Å². The Hall–Kier alpha value is -6.85. The van der Waals surface area contributed by atoms with Crippen LogP contribution in [0.15, 0.2) is 190 Å². The van der Waals surface area contributed by atoms with E-state index in [2.05, 4.69) is 164 Å². The molecule has 13 rings (SSSR count). The second-order valence-electron chi connectivity index (χ2n) is 26.7. The van der Waals surface area contributed by atoms with Crippen LogP contribution in [0.25, 0.3) is 5.70 Å². The van der Waals surface area contributed by atoms with E-state index in [-0.39, 0.29) is 16.9 Å². The smallest absolute Gasteiger partial charge is 0.191 e. The standard InChI is InChI=1S/C22H24BrClN2O2S.C22H22BrClN2OS.C19H21BrClN3O.C19H22ClN3O/c1-22(2)13-25-21(26-22)29-12-19(27)17-5-4-6-18(24)16(17)9-7-14-11-15(23)8-10-20(14)28-3;1-22(2)13-26-19(12-28-21(26)25-22)17-5-4-6-18(24)16(17)9-7-14-11-15(23)8-10-20(14)27-3;1-25-18-8-6-15(20)11-13(18)5-7-16-14(3-2-4-17(16)21)12-24-19-22-9-10-23-19;1-24-18-8-3-2-5-14(18)9-10-16-15(6-4-7-17(16)20)13-23-19-21-11-12-22-19/h4-6,8,10-11H,7,9,12-13H2,1-3H3,(H,25,26);4-6,8,10-12H,7,9,13H2,1-3H3;2-4,6,8,11H,5,7,9-10,12H2,1H3,(H2,22,23,24);2-8H,9-13H2,1H3,(H2,21,22,23). The molecule has 0 bridgehead atoms. The van der Waals surface area contributed by atoms with Gasteiger partial charge in [-0.25, -0.2) is 0 Å². The van der Waals surface area contributed by atoms with E-state index >= 15 is 0 Å². The topological polar surface area (TPSA) is 167 Å². The number of carbonyl (C=O) groups excluding carboxylic acids is 1. The first-order valence-electron chi connectivity index (χ1n) is 35.1. The molecule has 0 saturated carbocycles. The van der Waals surface area contributed by atoms with E-state index in [1.54, 1.807) is 40.2 Å². The fourth-order valence-electron chi connectivity index (χ4n) is 12.8. The number of ketones is 1. The number of nitrogens with zero attached hydrogens (tertiary/aromatic N) is 5. The Balaban J connectivity index is 0.000000152. The van der Waals surface area contributed by atoms with Gasteiger partial charge in [-0.05, 0) is 220 Å². The molecule has 8 aromatic carbocycles. The van der Waals surface area contributed by atoms with Crippen LogP contribution in [0.3, 0.4) is 0 Å². The zero-order chi connectivity index (χ0) is 75.3. The fraction of sp³-hybridized carbons (Fsp3) is 0.329. The van der Waals surface area contributed by atoms with Crippen molar-refractivity contribution in [3.63, 3.8) is 0 Å². The van der Waals surface area contributed by atoms with Crippen LogP contribution in [0.4, 0.5) is 0 Å². The first kappa shape index (κ1) is 81.7. The summed E-state index contributed by atoms with van der Waals surface area (Å²) in [6, 6.07) is 50.1. The van der Waals surface area contributed by atoms with Gasteiger partial charge in [0, 0.05) is 82.8 Å². The number of benzene rings is 8. The van der Waals surface area contributed by atoms with Crippen LogP contribution >= 0.6 is 118 Å². The lowest BCUT2D eigenvalue weighted by molar-refractivity contribution is 0.102. The molecule has 0 aliphatic carbocycles. The highest BCUT2D eigenvalue weighted by Crippen LogP contribution is 2.43. The molecular weight excluding hydrogens is 1650 g/mol. The number of methoxy groups -OCH3 is 4. The molecule has 0 fully saturated rings. The normalized spacial score (nSPS) is 14.9. The minimum Gasteiger partial charge on any atom is -0.496 e. The van der Waals surface area contributed by atoms with Crippen LogP contribution in [0.2, 0.25) is 20.1 Å². The van der Waals surface area contributed by atoms with Gasteiger partial charge < -0.3 is 50.4 Å². The van der Waals surface area contributed by atoms with Gasteiger partial charge >= 0.3 is 0 Å². The average Bonchev–Trinajstić information content (AvgIpc) is 1.61. The summed E-state index contributed by atoms with van der Waals surface area (Å²) in [5.41, 5.74) is 14.4. The molecule has 0 saturated heterocycles. The van der Waals surface area contributed by atoms with Crippen molar-refractivity contribution in [2.75, 3.05) is 73.5 Å². The molecule has 5 aliphatic rings. The van der Waals surface area contributed by atoms with Crippen molar-refractivity contribution in [3.05, 3.63) is 257 Å². The Labute approximate surface area is 677 Å². The Morgan fingerprint density at radius 1 is 0.528 bits per heavy atom. The van der Waals surface area contributed by atoms with Crippen LogP contribution < -0.4 is 45.5 Å². The number of nitrogens with one attached hydrogen (secondary N) is 5. The molecule has 24 heteroatoms. The number of para-hydroxylation sites is 1. The van der Waals surface area contributed by atoms with Gasteiger partial charge in [-0.2, -0.15) is 0 Å². The number of amidine groups is 2. The quantitative estimate of drug-likeness (QED) is 0.0363. The molecule has 5 aliphatic heterocycles. The number of thioether (sulfide) groups is 2. The molecule has 15 nitrogen and oxygen atoms in total. The molecule has 0 radical (unpaired) electrons. The number of aliphatic imine (C=N–C) groups is 4. The van der Waals surface area contributed by atoms with Crippen molar-refractivity contribution < 1.29 is 23.7 Å². The molecule has 0 atom stereocenters. The summed E-state index contributed by atoms with van der Waals surface area (Å²) in [7, 11) is 6.78. The number of guanidine groups is 2. The van der Waals surface area contributed by atoms with E-state index in [1.807, 2.05) is 115 Å². The van der Waals surface area contributed by atoms with E-state index in [4.69, 9.17) is 70.3 Å². The number of ether oxygens (including phenoxy) is 4. The number of Topliss-reactive ketones (excluding diaryl/α,β-unsaturated/α-hetero) is 1. The summed E-state index contributed by atoms with van der Waals surface area (Å²) in [5, 5.41) is 23.6. The third-order valence-electron chi connectivity index (χ3n) is 18.1. The summed E-state index contributed by atoms with van der Waals surface area (Å²) in [5.74, 6) is 5.68. The predicted molar refractivity (Wildman–Crippen MR) is 455 cm³/mol. The van der Waals surface area contributed by atoms with Gasteiger partial charge in [0.2, 0.25) is 0 Å². The Kier molecular flexibility index (Phi) is 30.4. The first-order valence-corrected chi connectivity index (χ1v) is 40.8. The van der Waals surface area contributed by atoms with Crippen LogP contribution in [0.5, 0.6) is 23.0 Å². The van der Waals surface area contributed by atoms with Gasteiger partial charge in [0.25, 0.3) is 0 Å². The number of hydrogen-bond donors (Lipinski definition) is 5. The predicted octanol–water partition coefficient (Wildman–Crippen LogP) is 19.1. The molecule has 106 heavy (non-hydrogen) atoms. The molecular formula is C82H89Br3Cl4N10O5S2. The van der Waals surface area contributed by atoms with Crippen molar-refractivity contribution in [1.82, 2.24) is 31.5 Å². The highest BCUT2D eigenvalue weighted by atomic mass is 79.9. The maximum absolute atomic E-state index is 12.9. The fourth-order valence-corrected chi connectivity index (χ4v) is 17.1. The maximum atomic E-state index is 12.9. The Morgan fingerprint density at radius 2 is 0.972 bits per heavy atom. The van der Waals surface area contributed by atoms with E-state index in [0.29, 0.717) is 35.8 Å². The van der Waals surface area contributed by atoms with Crippen LogP contribution in [0.1, 0.15) is 99.3 Å². The number of carbonyl (C=O) groups is 1. The Bertz CT molecular complexity index is 4580. The highest BCUT2D eigenvalue weighted by molar-refractivity contribution is 9.11. The van der Waals surface area contributed by atoms with Gasteiger partial charge in [0.15, 0.2) is 28.0 Å². The number of rotatable bonds is 24. The second kappa shape index (κ2) is 39.5. The number of aryl methyl sites for hydroxylation is 4. The first-order chi connectivity index (χ1) is 51.1. The molecule has 0 spiro atoms. The van der Waals surface area contributed by atoms with Gasteiger partial charge in [0.1, 0.15) is 23.0 Å². The van der Waals surface area contributed by atoms with E-state index < -0.39 is 0 Å². The Morgan fingerprint density at radius 3 is 1.46 bits per heavy atom. The molecule has 0 aromatic heterocycles. The molecule has 5 heterocycles. The minimum absolute atomic E-state index is 0.0460. The lowest BCUT2D eigenvalue weighted by Crippen LogP contribution is -2.38. The molecule has 8 aromatic rings. The monoisotopic (exact) mass is 1730 g/mol. The third kappa shape index (κ3) is 22.9.